The molecule has 0 aliphatic rings. The Morgan fingerprint density at radius 1 is 0.929 bits per heavy atom. The summed E-state index contributed by atoms with van der Waals surface area (Å²) in [7, 11) is -2.45. The van der Waals surface area contributed by atoms with Crippen LogP contribution < -0.4 is 10.4 Å². The molecule has 152 valence electrons. The normalized spacial score (nSPS) is 14.0. The maximum absolute atomic E-state index is 10.0. The van der Waals surface area contributed by atoms with E-state index in [1.807, 2.05) is 6.08 Å². The molecule has 0 saturated carbocycles. The van der Waals surface area contributed by atoms with Crippen molar-refractivity contribution < 1.29 is 9.53 Å². The van der Waals surface area contributed by atoms with Crippen LogP contribution in [0.3, 0.4) is 0 Å². The number of rotatable bonds is 9. The maximum Gasteiger partial charge on any atom is 0.261 e. The molecule has 1 atom stereocenters. The first kappa shape index (κ1) is 22.6. The Morgan fingerprint density at radius 2 is 1.43 bits per heavy atom. The average Bonchev–Trinajstić information content (AvgIpc) is 2.64. The summed E-state index contributed by atoms with van der Waals surface area (Å²) in [5.74, 6) is 0.494. The average molecular weight is 397 g/mol. The van der Waals surface area contributed by atoms with Gasteiger partial charge in [0.15, 0.2) is 0 Å². The van der Waals surface area contributed by atoms with Crippen LogP contribution in [0.4, 0.5) is 0 Å². The molecule has 28 heavy (non-hydrogen) atoms. The summed E-state index contributed by atoms with van der Waals surface area (Å²) in [4.78, 5) is 0. The Bertz CT molecular complexity index is 678. The lowest BCUT2D eigenvalue weighted by Gasteiger charge is -2.43. The van der Waals surface area contributed by atoms with Gasteiger partial charge in [0.2, 0.25) is 0 Å². The summed E-state index contributed by atoms with van der Waals surface area (Å²) in [6, 6.07) is 21.4. The number of aliphatic hydroxyl groups is 1. The van der Waals surface area contributed by atoms with Gasteiger partial charge < -0.3 is 9.53 Å². The van der Waals surface area contributed by atoms with Crippen molar-refractivity contribution in [1.29, 1.82) is 0 Å². The zero-order valence-corrected chi connectivity index (χ0v) is 19.1. The Balaban J connectivity index is 2.26. The fraction of sp³-hybridized carbons (Fsp3) is 0.440. The Hall–Kier alpha value is -1.68. The van der Waals surface area contributed by atoms with Crippen molar-refractivity contribution in [2.75, 3.05) is 6.61 Å². The third-order valence-electron chi connectivity index (χ3n) is 5.09. The number of aliphatic hydroxyl groups excluding tert-OH is 1. The number of hydrogen-bond acceptors (Lipinski definition) is 2. The van der Waals surface area contributed by atoms with Crippen molar-refractivity contribution in [1.82, 2.24) is 0 Å². The molecule has 0 radical (unpaired) electrons. The van der Waals surface area contributed by atoms with Gasteiger partial charge in [-0.2, -0.15) is 0 Å². The van der Waals surface area contributed by atoms with Crippen molar-refractivity contribution in [2.24, 2.45) is 5.92 Å². The second kappa shape index (κ2) is 10.2. The second-order valence-electron chi connectivity index (χ2n) is 8.93. The monoisotopic (exact) mass is 396 g/mol. The summed E-state index contributed by atoms with van der Waals surface area (Å²) in [6.45, 7) is 11.8. The van der Waals surface area contributed by atoms with Gasteiger partial charge in [0, 0.05) is 6.61 Å². The van der Waals surface area contributed by atoms with Crippen molar-refractivity contribution in [3.63, 3.8) is 0 Å². The van der Waals surface area contributed by atoms with E-state index in [-0.39, 0.29) is 11.1 Å². The van der Waals surface area contributed by atoms with Crippen LogP contribution in [0.25, 0.3) is 0 Å². The first-order valence-corrected chi connectivity index (χ1v) is 12.3. The molecule has 2 aromatic carbocycles. The van der Waals surface area contributed by atoms with Crippen molar-refractivity contribution in [3.8, 4) is 0 Å². The maximum atomic E-state index is 10.0. The van der Waals surface area contributed by atoms with Gasteiger partial charge >= 0.3 is 0 Å². The standard InChI is InChI=1S/C25H36O2Si/c1-21(2)20-22(26)14-12-13-19-27-28(25(3,4)5,23-15-8-6-9-16-23)24-17-10-7-11-18-24/h6-12,14-18,21-22,26H,13,19-20H2,1-5H3/b14-12-. The third kappa shape index (κ3) is 5.66. The van der Waals surface area contributed by atoms with E-state index in [1.54, 1.807) is 0 Å². The Morgan fingerprint density at radius 3 is 1.86 bits per heavy atom. The molecule has 0 heterocycles. The van der Waals surface area contributed by atoms with Crippen LogP contribution >= 0.6 is 0 Å². The van der Waals surface area contributed by atoms with Gasteiger partial charge in [-0.1, -0.05) is 107 Å². The van der Waals surface area contributed by atoms with Crippen LogP contribution in [0.15, 0.2) is 72.8 Å². The van der Waals surface area contributed by atoms with E-state index in [9.17, 15) is 5.11 Å². The second-order valence-corrected chi connectivity index (χ2v) is 13.2. The van der Waals surface area contributed by atoms with Gasteiger partial charge in [-0.3, -0.25) is 0 Å². The van der Waals surface area contributed by atoms with Gasteiger partial charge in [0.1, 0.15) is 0 Å². The molecule has 2 aromatic rings. The van der Waals surface area contributed by atoms with Crippen LogP contribution in [0.5, 0.6) is 0 Å². The molecule has 1 unspecified atom stereocenters. The van der Waals surface area contributed by atoms with E-state index in [4.69, 9.17) is 4.43 Å². The summed E-state index contributed by atoms with van der Waals surface area (Å²) in [6.07, 6.45) is 5.21. The largest absolute Gasteiger partial charge is 0.407 e. The van der Waals surface area contributed by atoms with Gasteiger partial charge in [-0.15, -0.1) is 0 Å². The Labute approximate surface area is 172 Å². The van der Waals surface area contributed by atoms with Crippen molar-refractivity contribution in [3.05, 3.63) is 72.8 Å². The van der Waals surface area contributed by atoms with Crippen molar-refractivity contribution >= 4 is 18.7 Å². The molecule has 0 aromatic heterocycles. The molecule has 2 nitrogen and oxygen atoms in total. The van der Waals surface area contributed by atoms with Gasteiger partial charge in [-0.05, 0) is 34.2 Å². The molecule has 0 bridgehead atoms. The molecule has 1 N–H and O–H groups in total. The van der Waals surface area contributed by atoms with Gasteiger partial charge in [-0.25, -0.2) is 0 Å². The van der Waals surface area contributed by atoms with E-state index < -0.39 is 8.32 Å². The lowest BCUT2D eigenvalue weighted by Crippen LogP contribution is -2.66. The van der Waals surface area contributed by atoms with Gasteiger partial charge in [0.05, 0.1) is 6.10 Å². The zero-order valence-electron chi connectivity index (χ0n) is 18.1. The highest BCUT2D eigenvalue weighted by molar-refractivity contribution is 6.99. The summed E-state index contributed by atoms with van der Waals surface area (Å²) in [5, 5.41) is 12.6. The van der Waals surface area contributed by atoms with Crippen LogP contribution in [-0.2, 0) is 4.43 Å². The lowest BCUT2D eigenvalue weighted by atomic mass is 10.1. The van der Waals surface area contributed by atoms with Crippen molar-refractivity contribution in [2.45, 2.75) is 58.6 Å². The topological polar surface area (TPSA) is 29.5 Å². The van der Waals surface area contributed by atoms with Crippen LogP contribution in [0.2, 0.25) is 5.04 Å². The molecule has 0 saturated heterocycles. The predicted molar refractivity (Wildman–Crippen MR) is 123 cm³/mol. The quantitative estimate of drug-likeness (QED) is 0.370. The highest BCUT2D eigenvalue weighted by Gasteiger charge is 2.49. The first-order valence-electron chi connectivity index (χ1n) is 10.4. The molecular weight excluding hydrogens is 360 g/mol. The predicted octanol–water partition coefficient (Wildman–Crippen LogP) is 4.92. The van der Waals surface area contributed by atoms with Crippen LogP contribution in [-0.4, -0.2) is 26.1 Å². The fourth-order valence-corrected chi connectivity index (χ4v) is 8.44. The molecule has 0 spiro atoms. The molecule has 3 heteroatoms. The minimum Gasteiger partial charge on any atom is -0.407 e. The smallest absolute Gasteiger partial charge is 0.261 e. The molecule has 0 amide bonds. The molecule has 0 aliphatic heterocycles. The number of hydrogen-bond donors (Lipinski definition) is 1. The summed E-state index contributed by atoms with van der Waals surface area (Å²) in [5.41, 5.74) is 0. The fourth-order valence-electron chi connectivity index (χ4n) is 3.86. The van der Waals surface area contributed by atoms with Crippen LogP contribution in [0.1, 0.15) is 47.5 Å². The highest BCUT2D eigenvalue weighted by atomic mass is 28.4. The van der Waals surface area contributed by atoms with E-state index in [1.165, 1.54) is 10.4 Å². The van der Waals surface area contributed by atoms with Gasteiger partial charge in [0.25, 0.3) is 8.32 Å². The van der Waals surface area contributed by atoms with E-state index in [0.717, 1.165) is 12.8 Å². The first-order chi connectivity index (χ1) is 13.3. The Kier molecular flexibility index (Phi) is 8.23. The summed E-state index contributed by atoms with van der Waals surface area (Å²) >= 11 is 0. The number of benzene rings is 2. The molecule has 0 fully saturated rings. The lowest BCUT2D eigenvalue weighted by molar-refractivity contribution is 0.194. The van der Waals surface area contributed by atoms with Crippen LogP contribution in [0, 0.1) is 5.92 Å². The van der Waals surface area contributed by atoms with E-state index >= 15 is 0 Å². The minimum atomic E-state index is -2.45. The highest BCUT2D eigenvalue weighted by Crippen LogP contribution is 2.36. The SMILES string of the molecule is CC(C)CC(O)/C=C\CCO[Si](c1ccccc1)(c1ccccc1)C(C)(C)C. The summed E-state index contributed by atoms with van der Waals surface area (Å²) < 4.78 is 6.84. The molecular formula is C25H36O2Si. The minimum absolute atomic E-state index is 0.00340. The third-order valence-corrected chi connectivity index (χ3v) is 10.1. The van der Waals surface area contributed by atoms with E-state index in [2.05, 4.69) is 101 Å². The zero-order chi connectivity index (χ0) is 20.6. The molecule has 0 aliphatic carbocycles. The van der Waals surface area contributed by atoms with E-state index in [0.29, 0.717) is 12.5 Å². The molecule has 2 rings (SSSR count).